The van der Waals surface area contributed by atoms with Gasteiger partial charge in [-0.2, -0.15) is 0 Å². The summed E-state index contributed by atoms with van der Waals surface area (Å²) in [5.74, 6) is 3.75. The van der Waals surface area contributed by atoms with Crippen molar-refractivity contribution in [2.24, 2.45) is 50.7 Å². The fourth-order valence-electron chi connectivity index (χ4n) is 12.3. The minimum Gasteiger partial charge on any atom is -0.0620 e. The van der Waals surface area contributed by atoms with Gasteiger partial charge in [-0.1, -0.05) is 119 Å². The van der Waals surface area contributed by atoms with Crippen molar-refractivity contribution in [1.29, 1.82) is 0 Å². The predicted molar refractivity (Wildman–Crippen MR) is 171 cm³/mol. The van der Waals surface area contributed by atoms with Gasteiger partial charge in [0, 0.05) is 0 Å². The van der Waals surface area contributed by atoms with Gasteiger partial charge in [-0.25, -0.2) is 0 Å². The van der Waals surface area contributed by atoms with Crippen molar-refractivity contribution in [3.63, 3.8) is 0 Å². The van der Waals surface area contributed by atoms with Crippen LogP contribution in [0.15, 0.2) is 0 Å². The molecule has 0 nitrogen and oxygen atoms in total. The summed E-state index contributed by atoms with van der Waals surface area (Å²) in [7, 11) is 0. The van der Waals surface area contributed by atoms with Crippen molar-refractivity contribution >= 4 is 0 Å². The number of fused-ring (bicyclic) bond motifs is 1. The maximum atomic E-state index is 2.83. The minimum absolute atomic E-state index is 0.577. The summed E-state index contributed by atoms with van der Waals surface area (Å²) in [5.41, 5.74) is 2.96. The second kappa shape index (κ2) is 11.9. The lowest BCUT2D eigenvalue weighted by atomic mass is 9.42. The van der Waals surface area contributed by atoms with Crippen LogP contribution >= 0.6 is 0 Å². The average Bonchev–Trinajstić information content (AvgIpc) is 2.92. The Morgan fingerprint density at radius 1 is 0.487 bits per heavy atom. The Kier molecular flexibility index (Phi) is 9.33. The molecule has 0 aromatic heterocycles. The first-order chi connectivity index (χ1) is 18.5. The topological polar surface area (TPSA) is 0 Å². The van der Waals surface area contributed by atoms with Crippen LogP contribution in [0.3, 0.4) is 0 Å². The van der Waals surface area contributed by atoms with Crippen LogP contribution in [0.25, 0.3) is 0 Å². The van der Waals surface area contributed by atoms with Gasteiger partial charge in [-0.05, 0) is 128 Å². The zero-order valence-corrected chi connectivity index (χ0v) is 27.8. The molecule has 6 unspecified atom stereocenters. The molecule has 0 saturated heterocycles. The van der Waals surface area contributed by atoms with E-state index in [1.165, 1.54) is 141 Å². The van der Waals surface area contributed by atoms with Crippen LogP contribution in [0.5, 0.6) is 0 Å². The number of hydrogen-bond acceptors (Lipinski definition) is 0. The van der Waals surface area contributed by atoms with Crippen molar-refractivity contribution in [1.82, 2.24) is 0 Å². The van der Waals surface area contributed by atoms with E-state index in [-0.39, 0.29) is 0 Å². The van der Waals surface area contributed by atoms with Gasteiger partial charge in [0.15, 0.2) is 0 Å². The SMILES string of the molecule is CC(CC(CC(C1CCCC2(C)CCCCC12C)C1(C)CCCCC1)C1(C)CCCCC1)C1(C)CCCCC1. The first-order valence-electron chi connectivity index (χ1n) is 18.5. The third kappa shape index (κ3) is 5.95. The van der Waals surface area contributed by atoms with Crippen molar-refractivity contribution in [2.75, 3.05) is 0 Å². The van der Waals surface area contributed by atoms with Gasteiger partial charge in [-0.15, -0.1) is 0 Å². The average molecular weight is 539 g/mol. The smallest absolute Gasteiger partial charge is 0.0241 e. The number of hydrogen-bond donors (Lipinski definition) is 0. The van der Waals surface area contributed by atoms with E-state index in [1.54, 1.807) is 12.8 Å². The summed E-state index contributed by atoms with van der Waals surface area (Å²) in [4.78, 5) is 0. The maximum Gasteiger partial charge on any atom is -0.0241 e. The van der Waals surface area contributed by atoms with Gasteiger partial charge >= 0.3 is 0 Å². The predicted octanol–water partition coefficient (Wildman–Crippen LogP) is 12.9. The van der Waals surface area contributed by atoms with Gasteiger partial charge in [0.25, 0.3) is 0 Å². The highest BCUT2D eigenvalue weighted by Gasteiger charge is 2.57. The Hall–Kier alpha value is 0. The quantitative estimate of drug-likeness (QED) is 0.288. The largest absolute Gasteiger partial charge is 0.0620 e. The summed E-state index contributed by atoms with van der Waals surface area (Å²) in [6.07, 6.45) is 36.3. The molecule has 226 valence electrons. The third-order valence-electron chi connectivity index (χ3n) is 15.8. The Morgan fingerprint density at radius 2 is 0.949 bits per heavy atom. The molecule has 0 heterocycles. The van der Waals surface area contributed by atoms with Crippen molar-refractivity contribution in [3.05, 3.63) is 0 Å². The van der Waals surface area contributed by atoms with E-state index in [0.29, 0.717) is 27.1 Å². The fourth-order valence-corrected chi connectivity index (χ4v) is 12.3. The van der Waals surface area contributed by atoms with Gasteiger partial charge in [0.05, 0.1) is 0 Å². The summed E-state index contributed by atoms with van der Waals surface area (Å²) in [6.45, 7) is 16.6. The lowest BCUT2D eigenvalue weighted by Gasteiger charge is -2.63. The maximum absolute atomic E-state index is 2.83. The Morgan fingerprint density at radius 3 is 1.54 bits per heavy atom. The fraction of sp³-hybridized carbons (Fsp3) is 1.00. The molecule has 0 spiro atoms. The molecule has 0 heteroatoms. The monoisotopic (exact) mass is 539 g/mol. The zero-order valence-electron chi connectivity index (χ0n) is 27.8. The molecule has 0 bridgehead atoms. The molecule has 39 heavy (non-hydrogen) atoms. The molecule has 5 rings (SSSR count). The van der Waals surface area contributed by atoms with E-state index in [0.717, 1.165) is 23.7 Å². The molecule has 5 fully saturated rings. The second-order valence-electron chi connectivity index (χ2n) is 18.0. The first-order valence-corrected chi connectivity index (χ1v) is 18.5. The van der Waals surface area contributed by atoms with Crippen molar-refractivity contribution < 1.29 is 0 Å². The number of rotatable bonds is 8. The Bertz CT molecular complexity index is 770. The van der Waals surface area contributed by atoms with Crippen LogP contribution in [0.2, 0.25) is 0 Å². The molecule has 0 N–H and O–H groups in total. The van der Waals surface area contributed by atoms with Gasteiger partial charge in [0.2, 0.25) is 0 Å². The lowest BCUT2D eigenvalue weighted by Crippen LogP contribution is -2.54. The van der Waals surface area contributed by atoms with Crippen molar-refractivity contribution in [2.45, 2.75) is 196 Å². The molecular formula is C39H70. The van der Waals surface area contributed by atoms with Crippen LogP contribution in [0, 0.1) is 50.7 Å². The van der Waals surface area contributed by atoms with Crippen LogP contribution in [0.1, 0.15) is 196 Å². The van der Waals surface area contributed by atoms with Gasteiger partial charge in [-0.3, -0.25) is 0 Å². The standard InChI is InChI=1S/C39H70/c1-31(35(2)20-10-7-11-21-35)29-32(36(3)22-12-8-13-23-36)30-34(37(4)24-14-9-15-25-37)33-19-18-27-38(5)26-16-17-28-39(33,38)6/h31-34H,7-30H2,1-6H3. The molecule has 5 aliphatic rings. The highest BCUT2D eigenvalue weighted by atomic mass is 14.6. The normalized spacial score (nSPS) is 38.8. The lowest BCUT2D eigenvalue weighted by molar-refractivity contribution is -0.131. The zero-order chi connectivity index (χ0) is 27.8. The summed E-state index contributed by atoms with van der Waals surface area (Å²) >= 11 is 0. The molecule has 0 aromatic carbocycles. The highest BCUT2D eigenvalue weighted by molar-refractivity contribution is 5.07. The summed E-state index contributed by atoms with van der Waals surface area (Å²) < 4.78 is 0. The molecular weight excluding hydrogens is 468 g/mol. The van der Waals surface area contributed by atoms with E-state index in [9.17, 15) is 0 Å². The van der Waals surface area contributed by atoms with Crippen LogP contribution in [-0.4, -0.2) is 0 Å². The Balaban J connectivity index is 1.49. The molecule has 0 aromatic rings. The first kappa shape index (κ1) is 30.5. The minimum atomic E-state index is 0.577. The Labute approximate surface area is 246 Å². The summed E-state index contributed by atoms with van der Waals surface area (Å²) in [5, 5.41) is 0. The molecule has 5 aliphatic carbocycles. The van der Waals surface area contributed by atoms with Crippen LogP contribution in [-0.2, 0) is 0 Å². The molecule has 6 atom stereocenters. The van der Waals surface area contributed by atoms with Crippen molar-refractivity contribution in [3.8, 4) is 0 Å². The molecule has 5 saturated carbocycles. The molecule has 0 amide bonds. The third-order valence-corrected chi connectivity index (χ3v) is 15.8. The van der Waals surface area contributed by atoms with E-state index in [2.05, 4.69) is 41.5 Å². The van der Waals surface area contributed by atoms with E-state index in [1.807, 2.05) is 0 Å². The molecule has 0 radical (unpaired) electrons. The van der Waals surface area contributed by atoms with Crippen LogP contribution in [0.4, 0.5) is 0 Å². The van der Waals surface area contributed by atoms with E-state index >= 15 is 0 Å². The van der Waals surface area contributed by atoms with E-state index in [4.69, 9.17) is 0 Å². The van der Waals surface area contributed by atoms with Gasteiger partial charge < -0.3 is 0 Å². The second-order valence-corrected chi connectivity index (χ2v) is 18.0. The highest BCUT2D eigenvalue weighted by Crippen LogP contribution is 2.67. The summed E-state index contributed by atoms with van der Waals surface area (Å²) in [6, 6.07) is 0. The van der Waals surface area contributed by atoms with E-state index < -0.39 is 0 Å². The van der Waals surface area contributed by atoms with Crippen LogP contribution < -0.4 is 0 Å². The molecule has 0 aliphatic heterocycles. The van der Waals surface area contributed by atoms with Gasteiger partial charge in [0.1, 0.15) is 0 Å².